The molecule has 0 N–H and O–H groups in total. The zero-order valence-corrected chi connectivity index (χ0v) is 30.2. The number of hydrogen-bond donors (Lipinski definition) is 0. The minimum atomic E-state index is 1.21. The average molecular weight is 675 g/mol. The van der Waals surface area contributed by atoms with Gasteiger partial charge in [0.1, 0.15) is 0 Å². The lowest BCUT2D eigenvalue weighted by atomic mass is 9.99. The van der Waals surface area contributed by atoms with Crippen molar-refractivity contribution in [1.29, 1.82) is 0 Å². The summed E-state index contributed by atoms with van der Waals surface area (Å²) < 4.78 is 0. The van der Waals surface area contributed by atoms with Gasteiger partial charge in [0.05, 0.1) is 0 Å². The highest BCUT2D eigenvalue weighted by Crippen LogP contribution is 2.41. The van der Waals surface area contributed by atoms with Crippen LogP contribution < -0.4 is 0 Å². The number of fused-ring (bicyclic) bond motifs is 2. The van der Waals surface area contributed by atoms with E-state index in [1.807, 2.05) is 45.3 Å². The van der Waals surface area contributed by atoms with E-state index in [4.69, 9.17) is 0 Å². The maximum atomic E-state index is 2.37. The standard InChI is InChI=1S/C42H42S4/c1-3-5-7-9-11-35-17-19-39(43-35)41-23-21-37(45-41)31-15-13-29-26-34-28-32(16-14-30(34)25-33(29)27-31)38-22-24-42(46-38)40-20-18-36(44-40)12-10-8-6-4-2/h13-28H,3-12H2,1-2H3. The van der Waals surface area contributed by atoms with Crippen LogP contribution in [-0.4, -0.2) is 0 Å². The predicted octanol–water partition coefficient (Wildman–Crippen LogP) is 15.2. The maximum Gasteiger partial charge on any atom is 0.0449 e. The first-order chi connectivity index (χ1) is 22.7. The van der Waals surface area contributed by atoms with Crippen LogP contribution in [0.4, 0.5) is 0 Å². The number of benzene rings is 3. The Hall–Kier alpha value is -3.02. The van der Waals surface area contributed by atoms with E-state index >= 15 is 0 Å². The third-order valence-electron chi connectivity index (χ3n) is 8.94. The van der Waals surface area contributed by atoms with Crippen molar-refractivity contribution in [2.45, 2.75) is 78.1 Å². The van der Waals surface area contributed by atoms with Crippen LogP contribution in [0.15, 0.2) is 97.1 Å². The summed E-state index contributed by atoms with van der Waals surface area (Å²) in [6.45, 7) is 4.56. The Bertz CT molecular complexity index is 1900. The van der Waals surface area contributed by atoms with Crippen molar-refractivity contribution >= 4 is 66.9 Å². The Balaban J connectivity index is 1.06. The highest BCUT2D eigenvalue weighted by molar-refractivity contribution is 7.24. The normalized spacial score (nSPS) is 11.7. The minimum Gasteiger partial charge on any atom is -0.139 e. The molecule has 0 spiro atoms. The molecule has 7 rings (SSSR count). The van der Waals surface area contributed by atoms with Gasteiger partial charge in [0.15, 0.2) is 0 Å². The monoisotopic (exact) mass is 674 g/mol. The van der Waals surface area contributed by atoms with E-state index in [0.29, 0.717) is 0 Å². The van der Waals surface area contributed by atoms with Gasteiger partial charge in [0.2, 0.25) is 0 Å². The van der Waals surface area contributed by atoms with E-state index in [-0.39, 0.29) is 0 Å². The van der Waals surface area contributed by atoms with Gasteiger partial charge < -0.3 is 0 Å². The van der Waals surface area contributed by atoms with Gasteiger partial charge in [0.25, 0.3) is 0 Å². The summed E-state index contributed by atoms with van der Waals surface area (Å²) in [5.41, 5.74) is 2.61. The van der Waals surface area contributed by atoms with Crippen molar-refractivity contribution in [3.05, 3.63) is 107 Å². The Labute approximate surface area is 290 Å². The van der Waals surface area contributed by atoms with Crippen LogP contribution in [0.2, 0.25) is 0 Å². The molecule has 0 fully saturated rings. The molecule has 234 valence electrons. The van der Waals surface area contributed by atoms with Gasteiger partial charge in [-0.15, -0.1) is 45.3 Å². The van der Waals surface area contributed by atoms with Crippen LogP contribution in [0.1, 0.15) is 75.0 Å². The molecule has 0 saturated carbocycles. The summed E-state index contributed by atoms with van der Waals surface area (Å²) in [6.07, 6.45) is 13.0. The molecule has 0 atom stereocenters. The number of thiophene rings is 4. The zero-order valence-electron chi connectivity index (χ0n) is 26.9. The van der Waals surface area contributed by atoms with Gasteiger partial charge in [-0.05, 0) is 131 Å². The van der Waals surface area contributed by atoms with Crippen LogP contribution in [0, 0.1) is 0 Å². The lowest BCUT2D eigenvalue weighted by Crippen LogP contribution is -1.80. The molecule has 0 bridgehead atoms. The average Bonchev–Trinajstić information content (AvgIpc) is 3.91. The van der Waals surface area contributed by atoms with Gasteiger partial charge >= 0.3 is 0 Å². The molecule has 46 heavy (non-hydrogen) atoms. The SMILES string of the molecule is CCCCCCc1ccc(-c2ccc(-c3ccc4cc5cc(-c6ccc(-c7ccc(CCCCCC)s7)s6)ccc5cc4c3)s2)s1. The summed E-state index contributed by atoms with van der Waals surface area (Å²) in [5, 5.41) is 5.21. The topological polar surface area (TPSA) is 0 Å². The molecule has 0 aliphatic heterocycles. The largest absolute Gasteiger partial charge is 0.139 e. The third-order valence-corrected chi connectivity index (χ3v) is 13.9. The van der Waals surface area contributed by atoms with Gasteiger partial charge in [-0.1, -0.05) is 76.6 Å². The Morgan fingerprint density at radius 1 is 0.348 bits per heavy atom. The molecule has 0 aliphatic carbocycles. The Morgan fingerprint density at radius 3 is 1.22 bits per heavy atom. The molecule has 4 aromatic heterocycles. The van der Waals surface area contributed by atoms with Crippen molar-refractivity contribution in [3.8, 4) is 40.4 Å². The van der Waals surface area contributed by atoms with Gasteiger partial charge in [-0.2, -0.15) is 0 Å². The van der Waals surface area contributed by atoms with Crippen molar-refractivity contribution in [1.82, 2.24) is 0 Å². The first kappa shape index (κ1) is 31.6. The molecule has 4 heteroatoms. The first-order valence-electron chi connectivity index (χ1n) is 17.0. The van der Waals surface area contributed by atoms with Crippen molar-refractivity contribution < 1.29 is 0 Å². The number of hydrogen-bond acceptors (Lipinski definition) is 4. The van der Waals surface area contributed by atoms with Gasteiger partial charge in [-0.25, -0.2) is 0 Å². The summed E-state index contributed by atoms with van der Waals surface area (Å²) in [6, 6.07) is 37.2. The molecule has 0 unspecified atom stereocenters. The second kappa shape index (κ2) is 14.8. The van der Waals surface area contributed by atoms with Crippen LogP contribution in [0.3, 0.4) is 0 Å². The van der Waals surface area contributed by atoms with E-state index in [1.54, 1.807) is 0 Å². The molecule has 0 radical (unpaired) electrons. The maximum absolute atomic E-state index is 2.37. The molecule has 4 heterocycles. The number of unbranched alkanes of at least 4 members (excludes halogenated alkanes) is 6. The molecular weight excluding hydrogens is 633 g/mol. The molecule has 0 saturated heterocycles. The summed E-state index contributed by atoms with van der Waals surface area (Å²) in [4.78, 5) is 11.3. The smallest absolute Gasteiger partial charge is 0.0449 e. The quantitative estimate of drug-likeness (QED) is 0.0795. The lowest BCUT2D eigenvalue weighted by molar-refractivity contribution is 0.670. The summed E-state index contributed by atoms with van der Waals surface area (Å²) in [5.74, 6) is 0. The second-order valence-corrected chi connectivity index (χ2v) is 17.0. The molecular formula is C42H42S4. The molecule has 0 amide bonds. The fourth-order valence-electron chi connectivity index (χ4n) is 6.30. The van der Waals surface area contributed by atoms with Crippen molar-refractivity contribution in [2.24, 2.45) is 0 Å². The van der Waals surface area contributed by atoms with Crippen molar-refractivity contribution in [2.75, 3.05) is 0 Å². The summed E-state index contributed by atoms with van der Waals surface area (Å²) in [7, 11) is 0. The van der Waals surface area contributed by atoms with Crippen LogP contribution in [0.25, 0.3) is 61.9 Å². The molecule has 0 aliphatic rings. The molecule has 7 aromatic rings. The Morgan fingerprint density at radius 2 is 0.761 bits per heavy atom. The van der Waals surface area contributed by atoms with Gasteiger partial charge in [-0.3, -0.25) is 0 Å². The second-order valence-electron chi connectivity index (χ2n) is 12.5. The molecule has 3 aromatic carbocycles. The van der Waals surface area contributed by atoms with E-state index in [0.717, 1.165) is 0 Å². The minimum absolute atomic E-state index is 1.21. The number of aryl methyl sites for hydroxylation is 2. The highest BCUT2D eigenvalue weighted by atomic mass is 32.1. The highest BCUT2D eigenvalue weighted by Gasteiger charge is 2.11. The van der Waals surface area contributed by atoms with Crippen LogP contribution >= 0.6 is 45.3 Å². The van der Waals surface area contributed by atoms with E-state index in [9.17, 15) is 0 Å². The van der Waals surface area contributed by atoms with Crippen LogP contribution in [-0.2, 0) is 12.8 Å². The lowest BCUT2D eigenvalue weighted by Gasteiger charge is -2.07. The first-order valence-corrected chi connectivity index (χ1v) is 20.3. The predicted molar refractivity (Wildman–Crippen MR) is 210 cm³/mol. The Kier molecular flexibility index (Phi) is 10.2. The third kappa shape index (κ3) is 7.26. The van der Waals surface area contributed by atoms with E-state index in [1.165, 1.54) is 136 Å². The fraction of sp³-hybridized carbons (Fsp3) is 0.286. The number of rotatable bonds is 14. The van der Waals surface area contributed by atoms with Gasteiger partial charge in [0, 0.05) is 39.0 Å². The van der Waals surface area contributed by atoms with Crippen molar-refractivity contribution in [3.63, 3.8) is 0 Å². The van der Waals surface area contributed by atoms with E-state index < -0.39 is 0 Å². The summed E-state index contributed by atoms with van der Waals surface area (Å²) >= 11 is 7.77. The zero-order chi connectivity index (χ0) is 31.3. The molecule has 0 nitrogen and oxygen atoms in total. The van der Waals surface area contributed by atoms with Crippen LogP contribution in [0.5, 0.6) is 0 Å². The van der Waals surface area contributed by atoms with E-state index in [2.05, 4.69) is 111 Å². The fourth-order valence-corrected chi connectivity index (χ4v) is 10.6.